The molecule has 172 valence electrons. The lowest BCUT2D eigenvalue weighted by molar-refractivity contribution is -0.132. The molecule has 7 heteroatoms. The molecule has 1 amide bonds. The van der Waals surface area contributed by atoms with Crippen LogP contribution in [0.1, 0.15) is 38.2 Å². The zero-order valence-corrected chi connectivity index (χ0v) is 19.0. The second-order valence-electron chi connectivity index (χ2n) is 9.88. The molecule has 7 nitrogen and oxygen atoms in total. The molecule has 3 fully saturated rings. The Balaban J connectivity index is 1.17. The monoisotopic (exact) mass is 430 g/mol. The van der Waals surface area contributed by atoms with Crippen LogP contribution in [0.4, 0.5) is 0 Å². The standard InChI is InChI=1S/C24H38N4O3/c1-24(23(30)25-2)9-11-27(12-10-24)16-21(29)17-31-22-7-3-18(4-8-22)13-28-14-19-5-6-20(15-28)26-19/h3-4,7-8,19-21,26,29H,5-6,9-17H2,1-2H3,(H,25,30)/t19-,20+,21?. The Kier molecular flexibility index (Phi) is 7.16. The summed E-state index contributed by atoms with van der Waals surface area (Å²) < 4.78 is 5.83. The van der Waals surface area contributed by atoms with E-state index >= 15 is 0 Å². The lowest BCUT2D eigenvalue weighted by atomic mass is 9.79. The molecular weight excluding hydrogens is 392 g/mol. The quantitative estimate of drug-likeness (QED) is 0.576. The summed E-state index contributed by atoms with van der Waals surface area (Å²) in [7, 11) is 1.70. The summed E-state index contributed by atoms with van der Waals surface area (Å²) in [5, 5.41) is 16.9. The summed E-state index contributed by atoms with van der Waals surface area (Å²) in [6.07, 6.45) is 3.70. The van der Waals surface area contributed by atoms with Gasteiger partial charge in [0.15, 0.2) is 0 Å². The van der Waals surface area contributed by atoms with E-state index in [9.17, 15) is 9.90 Å². The molecule has 3 heterocycles. The SMILES string of the molecule is CNC(=O)C1(C)CCN(CC(O)COc2ccc(CN3C[C@H]4CC[C@@H](C3)N4)cc2)CC1. The zero-order valence-electron chi connectivity index (χ0n) is 19.0. The summed E-state index contributed by atoms with van der Waals surface area (Å²) in [5.74, 6) is 0.915. The number of likely N-dealkylation sites (tertiary alicyclic amines) is 2. The third-order valence-electron chi connectivity index (χ3n) is 7.27. The number of aliphatic hydroxyl groups is 1. The number of hydrogen-bond acceptors (Lipinski definition) is 6. The van der Waals surface area contributed by atoms with E-state index in [-0.39, 0.29) is 17.9 Å². The summed E-state index contributed by atoms with van der Waals surface area (Å²) in [5.41, 5.74) is 1.01. The van der Waals surface area contributed by atoms with Crippen LogP contribution >= 0.6 is 0 Å². The maximum atomic E-state index is 12.0. The van der Waals surface area contributed by atoms with Crippen LogP contribution in [0.5, 0.6) is 5.75 Å². The fourth-order valence-corrected chi connectivity index (χ4v) is 5.27. The fourth-order valence-electron chi connectivity index (χ4n) is 5.27. The molecule has 4 rings (SSSR count). The molecule has 3 saturated heterocycles. The van der Waals surface area contributed by atoms with E-state index in [1.807, 2.05) is 19.1 Å². The lowest BCUT2D eigenvalue weighted by Crippen LogP contribution is -2.50. The van der Waals surface area contributed by atoms with Crippen LogP contribution < -0.4 is 15.4 Å². The van der Waals surface area contributed by atoms with Crippen molar-refractivity contribution in [3.8, 4) is 5.75 Å². The first-order valence-electron chi connectivity index (χ1n) is 11.8. The molecule has 1 unspecified atom stereocenters. The number of aliphatic hydroxyl groups excluding tert-OH is 1. The van der Waals surface area contributed by atoms with E-state index < -0.39 is 6.10 Å². The fraction of sp³-hybridized carbons (Fsp3) is 0.708. The van der Waals surface area contributed by atoms with Crippen LogP contribution in [-0.4, -0.2) is 85.4 Å². The summed E-state index contributed by atoms with van der Waals surface area (Å²) in [4.78, 5) is 16.8. The van der Waals surface area contributed by atoms with Crippen LogP contribution in [0.25, 0.3) is 0 Å². The smallest absolute Gasteiger partial charge is 0.225 e. The van der Waals surface area contributed by atoms with Gasteiger partial charge in [0.1, 0.15) is 18.5 Å². The normalized spacial score (nSPS) is 27.1. The van der Waals surface area contributed by atoms with Gasteiger partial charge in [0.25, 0.3) is 0 Å². The number of hydrogen-bond donors (Lipinski definition) is 3. The summed E-state index contributed by atoms with van der Waals surface area (Å²) in [6.45, 7) is 7.80. The molecular formula is C24H38N4O3. The number of β-amino-alcohol motifs (C(OH)–C–C–N with tert-alkyl or cyclic N) is 1. The van der Waals surface area contributed by atoms with Gasteiger partial charge in [0.2, 0.25) is 5.91 Å². The number of carbonyl (C=O) groups is 1. The van der Waals surface area contributed by atoms with Crippen LogP contribution in [0.15, 0.2) is 24.3 Å². The number of rotatable bonds is 8. The molecule has 3 N–H and O–H groups in total. The number of nitrogens with zero attached hydrogens (tertiary/aromatic N) is 2. The van der Waals surface area contributed by atoms with E-state index in [1.165, 1.54) is 18.4 Å². The van der Waals surface area contributed by atoms with Crippen LogP contribution in [0.2, 0.25) is 0 Å². The highest BCUT2D eigenvalue weighted by atomic mass is 16.5. The van der Waals surface area contributed by atoms with Crippen LogP contribution in [-0.2, 0) is 11.3 Å². The van der Waals surface area contributed by atoms with Gasteiger partial charge in [-0.05, 0) is 56.5 Å². The van der Waals surface area contributed by atoms with Gasteiger partial charge >= 0.3 is 0 Å². The van der Waals surface area contributed by atoms with Gasteiger partial charge in [-0.1, -0.05) is 19.1 Å². The van der Waals surface area contributed by atoms with Crippen molar-refractivity contribution in [1.29, 1.82) is 0 Å². The predicted octanol–water partition coefficient (Wildman–Crippen LogP) is 1.21. The highest BCUT2D eigenvalue weighted by Crippen LogP contribution is 2.31. The van der Waals surface area contributed by atoms with Crippen LogP contribution in [0, 0.1) is 5.41 Å². The summed E-state index contributed by atoms with van der Waals surface area (Å²) >= 11 is 0. The minimum Gasteiger partial charge on any atom is -0.491 e. The zero-order chi connectivity index (χ0) is 21.8. The number of carbonyl (C=O) groups excluding carboxylic acids is 1. The number of piperazine rings is 1. The van der Waals surface area contributed by atoms with Gasteiger partial charge in [-0.15, -0.1) is 0 Å². The molecule has 0 saturated carbocycles. The minimum atomic E-state index is -0.541. The first-order valence-corrected chi connectivity index (χ1v) is 11.8. The van der Waals surface area contributed by atoms with Gasteiger partial charge in [-0.25, -0.2) is 0 Å². The molecule has 1 aromatic carbocycles. The van der Waals surface area contributed by atoms with Crippen molar-refractivity contribution in [3.63, 3.8) is 0 Å². The Morgan fingerprint density at radius 3 is 2.45 bits per heavy atom. The topological polar surface area (TPSA) is 77.1 Å². The first kappa shape index (κ1) is 22.5. The molecule has 0 radical (unpaired) electrons. The Bertz CT molecular complexity index is 721. The van der Waals surface area contributed by atoms with Crippen molar-refractivity contribution in [2.45, 2.75) is 57.3 Å². The second kappa shape index (κ2) is 9.86. The van der Waals surface area contributed by atoms with E-state index in [4.69, 9.17) is 4.74 Å². The average molecular weight is 431 g/mol. The Morgan fingerprint density at radius 1 is 1.19 bits per heavy atom. The van der Waals surface area contributed by atoms with E-state index in [0.717, 1.165) is 51.3 Å². The highest BCUT2D eigenvalue weighted by Gasteiger charge is 2.36. The van der Waals surface area contributed by atoms with Gasteiger partial charge in [-0.3, -0.25) is 9.69 Å². The lowest BCUT2D eigenvalue weighted by Gasteiger charge is -2.38. The molecule has 3 atom stereocenters. The van der Waals surface area contributed by atoms with Crippen molar-refractivity contribution >= 4 is 5.91 Å². The molecule has 3 aliphatic rings. The molecule has 2 bridgehead atoms. The van der Waals surface area contributed by atoms with E-state index in [2.05, 4.69) is 32.6 Å². The number of benzene rings is 1. The van der Waals surface area contributed by atoms with Crippen molar-refractivity contribution in [2.24, 2.45) is 5.41 Å². The Hall–Kier alpha value is -1.67. The van der Waals surface area contributed by atoms with Gasteiger partial charge in [-0.2, -0.15) is 0 Å². The minimum absolute atomic E-state index is 0.115. The summed E-state index contributed by atoms with van der Waals surface area (Å²) in [6, 6.07) is 9.62. The van der Waals surface area contributed by atoms with Crippen molar-refractivity contribution in [3.05, 3.63) is 29.8 Å². The Morgan fingerprint density at radius 2 is 1.84 bits per heavy atom. The number of ether oxygens (including phenoxy) is 1. The molecule has 0 aromatic heterocycles. The second-order valence-corrected chi connectivity index (χ2v) is 9.88. The molecule has 3 aliphatic heterocycles. The average Bonchev–Trinajstić information content (AvgIpc) is 3.12. The van der Waals surface area contributed by atoms with E-state index in [0.29, 0.717) is 18.6 Å². The largest absolute Gasteiger partial charge is 0.491 e. The molecule has 0 aliphatic carbocycles. The van der Waals surface area contributed by atoms with Crippen molar-refractivity contribution in [1.82, 2.24) is 20.4 Å². The molecule has 0 spiro atoms. The number of fused-ring (bicyclic) bond motifs is 2. The van der Waals surface area contributed by atoms with Gasteiger partial charge in [0.05, 0.1) is 0 Å². The highest BCUT2D eigenvalue weighted by molar-refractivity contribution is 5.82. The predicted molar refractivity (Wildman–Crippen MR) is 121 cm³/mol. The van der Waals surface area contributed by atoms with Crippen LogP contribution in [0.3, 0.4) is 0 Å². The van der Waals surface area contributed by atoms with Crippen molar-refractivity contribution < 1.29 is 14.6 Å². The number of amides is 1. The molecule has 31 heavy (non-hydrogen) atoms. The third kappa shape index (κ3) is 5.77. The first-order chi connectivity index (χ1) is 14.9. The van der Waals surface area contributed by atoms with Gasteiger partial charge < -0.3 is 25.4 Å². The maximum absolute atomic E-state index is 12.0. The number of nitrogens with one attached hydrogen (secondary N) is 2. The molecule has 1 aromatic rings. The number of piperidine rings is 1. The van der Waals surface area contributed by atoms with Gasteiger partial charge in [0, 0.05) is 50.7 Å². The maximum Gasteiger partial charge on any atom is 0.225 e. The van der Waals surface area contributed by atoms with E-state index in [1.54, 1.807) is 7.05 Å². The third-order valence-corrected chi connectivity index (χ3v) is 7.27. The van der Waals surface area contributed by atoms with Crippen molar-refractivity contribution in [2.75, 3.05) is 46.4 Å². The Labute approximate surface area is 186 Å².